The highest BCUT2D eigenvalue weighted by Crippen LogP contribution is 2.35. The number of methoxy groups -OCH3 is 1. The molecule has 0 saturated carbocycles. The van der Waals surface area contributed by atoms with Crippen molar-refractivity contribution < 1.29 is 14.3 Å². The zero-order valence-electron chi connectivity index (χ0n) is 15.5. The Bertz CT molecular complexity index is 891. The highest BCUT2D eigenvalue weighted by Gasteiger charge is 2.32. The van der Waals surface area contributed by atoms with Crippen molar-refractivity contribution >= 4 is 40.3 Å². The first kappa shape index (κ1) is 19.5. The molecule has 27 heavy (non-hydrogen) atoms. The molecule has 6 heteroatoms. The van der Waals surface area contributed by atoms with Crippen molar-refractivity contribution in [2.45, 2.75) is 20.4 Å². The first-order chi connectivity index (χ1) is 13.0. The van der Waals surface area contributed by atoms with Crippen LogP contribution in [0.5, 0.6) is 11.5 Å². The van der Waals surface area contributed by atoms with E-state index in [0.29, 0.717) is 33.9 Å². The van der Waals surface area contributed by atoms with Gasteiger partial charge in [-0.05, 0) is 43.2 Å². The Labute approximate surface area is 169 Å². The molecule has 4 nitrogen and oxygen atoms in total. The van der Waals surface area contributed by atoms with Gasteiger partial charge in [0.05, 0.1) is 25.2 Å². The molecule has 0 aromatic heterocycles. The third kappa shape index (κ3) is 4.51. The Balaban J connectivity index is 1.80. The molecule has 1 amide bonds. The molecule has 0 atom stereocenters. The van der Waals surface area contributed by atoms with E-state index < -0.39 is 0 Å². The van der Waals surface area contributed by atoms with Crippen LogP contribution < -0.4 is 9.47 Å². The standard InChI is InChI=1S/C21H21NO3S2/c1-4-25-17-10-9-16(11-18(17)24-3)12-19-20(23)22(21(26)27-19)13-15-7-5-14(2)6-8-15/h5-12H,4,13H2,1-3H3. The van der Waals surface area contributed by atoms with E-state index in [1.807, 2.05) is 62.4 Å². The molecule has 0 N–H and O–H groups in total. The fourth-order valence-electron chi connectivity index (χ4n) is 2.71. The van der Waals surface area contributed by atoms with E-state index in [9.17, 15) is 4.79 Å². The minimum atomic E-state index is -0.0709. The zero-order chi connectivity index (χ0) is 19.4. The van der Waals surface area contributed by atoms with E-state index in [1.54, 1.807) is 12.0 Å². The van der Waals surface area contributed by atoms with Crippen molar-refractivity contribution in [1.29, 1.82) is 0 Å². The molecule has 2 aromatic carbocycles. The molecule has 1 heterocycles. The number of amides is 1. The maximum Gasteiger partial charge on any atom is 0.266 e. The average Bonchev–Trinajstić information content (AvgIpc) is 2.92. The summed E-state index contributed by atoms with van der Waals surface area (Å²) in [7, 11) is 1.60. The second-order valence-electron chi connectivity index (χ2n) is 6.10. The normalized spacial score (nSPS) is 15.5. The number of ether oxygens (including phenoxy) is 2. The van der Waals surface area contributed by atoms with Crippen LogP contribution in [0.1, 0.15) is 23.6 Å². The first-order valence-corrected chi connectivity index (χ1v) is 9.86. The van der Waals surface area contributed by atoms with Crippen molar-refractivity contribution in [2.75, 3.05) is 13.7 Å². The SMILES string of the molecule is CCOc1ccc(C=C2SC(=S)N(Cc3ccc(C)cc3)C2=O)cc1OC. The Kier molecular flexibility index (Phi) is 6.19. The summed E-state index contributed by atoms with van der Waals surface area (Å²) in [5.41, 5.74) is 3.11. The lowest BCUT2D eigenvalue weighted by Crippen LogP contribution is -2.27. The molecule has 0 aliphatic carbocycles. The third-order valence-corrected chi connectivity index (χ3v) is 5.50. The second-order valence-corrected chi connectivity index (χ2v) is 7.77. The number of hydrogen-bond donors (Lipinski definition) is 0. The van der Waals surface area contributed by atoms with Gasteiger partial charge in [-0.15, -0.1) is 0 Å². The average molecular weight is 400 g/mol. The van der Waals surface area contributed by atoms with Crippen LogP contribution in [0.25, 0.3) is 6.08 Å². The van der Waals surface area contributed by atoms with Crippen molar-refractivity contribution in [3.63, 3.8) is 0 Å². The molecule has 2 aromatic rings. The van der Waals surface area contributed by atoms with Crippen molar-refractivity contribution in [3.05, 3.63) is 64.1 Å². The maximum absolute atomic E-state index is 12.8. The van der Waals surface area contributed by atoms with Gasteiger partial charge < -0.3 is 9.47 Å². The smallest absolute Gasteiger partial charge is 0.266 e. The minimum Gasteiger partial charge on any atom is -0.493 e. The number of hydrogen-bond acceptors (Lipinski definition) is 5. The van der Waals surface area contributed by atoms with Crippen LogP contribution in [0.2, 0.25) is 0 Å². The Morgan fingerprint density at radius 2 is 1.89 bits per heavy atom. The van der Waals surface area contributed by atoms with Crippen LogP contribution in [0.3, 0.4) is 0 Å². The van der Waals surface area contributed by atoms with Crippen LogP contribution in [0.4, 0.5) is 0 Å². The fraction of sp³-hybridized carbons (Fsp3) is 0.238. The van der Waals surface area contributed by atoms with E-state index >= 15 is 0 Å². The number of nitrogens with zero attached hydrogens (tertiary/aromatic N) is 1. The maximum atomic E-state index is 12.8. The van der Waals surface area contributed by atoms with E-state index in [0.717, 1.165) is 11.1 Å². The minimum absolute atomic E-state index is 0.0709. The monoisotopic (exact) mass is 399 g/mol. The van der Waals surface area contributed by atoms with Gasteiger partial charge in [0.15, 0.2) is 11.5 Å². The molecular weight excluding hydrogens is 378 g/mol. The van der Waals surface area contributed by atoms with E-state index in [1.165, 1.54) is 17.3 Å². The summed E-state index contributed by atoms with van der Waals surface area (Å²) < 4.78 is 11.5. The number of carbonyl (C=O) groups excluding carboxylic acids is 1. The Morgan fingerprint density at radius 3 is 2.56 bits per heavy atom. The number of benzene rings is 2. The Morgan fingerprint density at radius 1 is 1.15 bits per heavy atom. The molecule has 0 unspecified atom stereocenters. The molecule has 1 aliphatic heterocycles. The number of thiocarbonyl (C=S) groups is 1. The molecule has 140 valence electrons. The van der Waals surface area contributed by atoms with Crippen LogP contribution in [-0.4, -0.2) is 28.8 Å². The number of rotatable bonds is 6. The van der Waals surface area contributed by atoms with E-state index in [2.05, 4.69) is 0 Å². The van der Waals surface area contributed by atoms with Gasteiger partial charge in [0, 0.05) is 0 Å². The van der Waals surface area contributed by atoms with Crippen LogP contribution in [0, 0.1) is 6.92 Å². The highest BCUT2D eigenvalue weighted by atomic mass is 32.2. The molecule has 0 bridgehead atoms. The largest absolute Gasteiger partial charge is 0.493 e. The molecule has 1 aliphatic rings. The van der Waals surface area contributed by atoms with Crippen LogP contribution in [0.15, 0.2) is 47.4 Å². The summed E-state index contributed by atoms with van der Waals surface area (Å²) in [4.78, 5) is 15.1. The predicted molar refractivity (Wildman–Crippen MR) is 114 cm³/mol. The molecule has 1 saturated heterocycles. The van der Waals surface area contributed by atoms with Crippen LogP contribution in [-0.2, 0) is 11.3 Å². The quantitative estimate of drug-likeness (QED) is 0.515. The first-order valence-electron chi connectivity index (χ1n) is 8.63. The summed E-state index contributed by atoms with van der Waals surface area (Å²) in [5, 5.41) is 0. The molecule has 0 spiro atoms. The number of carbonyl (C=O) groups is 1. The summed E-state index contributed by atoms with van der Waals surface area (Å²) in [6, 6.07) is 13.7. The lowest BCUT2D eigenvalue weighted by atomic mass is 10.1. The Hall–Kier alpha value is -2.31. The van der Waals surface area contributed by atoms with Gasteiger partial charge in [-0.1, -0.05) is 59.9 Å². The zero-order valence-corrected chi connectivity index (χ0v) is 17.2. The van der Waals surface area contributed by atoms with Crippen molar-refractivity contribution in [2.24, 2.45) is 0 Å². The molecular formula is C21H21NO3S2. The molecule has 3 rings (SSSR count). The summed E-state index contributed by atoms with van der Waals surface area (Å²) in [5.74, 6) is 1.25. The van der Waals surface area contributed by atoms with Crippen molar-refractivity contribution in [1.82, 2.24) is 4.90 Å². The van der Waals surface area contributed by atoms with Gasteiger partial charge >= 0.3 is 0 Å². The van der Waals surface area contributed by atoms with Gasteiger partial charge in [-0.2, -0.15) is 0 Å². The van der Waals surface area contributed by atoms with Gasteiger partial charge in [0.1, 0.15) is 4.32 Å². The molecule has 1 fully saturated rings. The summed E-state index contributed by atoms with van der Waals surface area (Å²) in [6.07, 6.45) is 1.84. The highest BCUT2D eigenvalue weighted by molar-refractivity contribution is 8.26. The lowest BCUT2D eigenvalue weighted by molar-refractivity contribution is -0.122. The fourth-order valence-corrected chi connectivity index (χ4v) is 3.97. The van der Waals surface area contributed by atoms with E-state index in [-0.39, 0.29) is 5.91 Å². The van der Waals surface area contributed by atoms with Gasteiger partial charge in [0.2, 0.25) is 0 Å². The van der Waals surface area contributed by atoms with Gasteiger partial charge in [0.25, 0.3) is 5.91 Å². The predicted octanol–water partition coefficient (Wildman–Crippen LogP) is 4.80. The number of aryl methyl sites for hydroxylation is 1. The second kappa shape index (κ2) is 8.59. The summed E-state index contributed by atoms with van der Waals surface area (Å²) >= 11 is 6.75. The topological polar surface area (TPSA) is 38.8 Å². The van der Waals surface area contributed by atoms with Gasteiger partial charge in [-0.3, -0.25) is 9.69 Å². The van der Waals surface area contributed by atoms with Crippen molar-refractivity contribution in [3.8, 4) is 11.5 Å². The number of thioether (sulfide) groups is 1. The third-order valence-electron chi connectivity index (χ3n) is 4.12. The molecule has 0 radical (unpaired) electrons. The van der Waals surface area contributed by atoms with E-state index in [4.69, 9.17) is 21.7 Å². The van der Waals surface area contributed by atoms with Crippen LogP contribution >= 0.6 is 24.0 Å². The van der Waals surface area contributed by atoms with Gasteiger partial charge in [-0.25, -0.2) is 0 Å². The summed E-state index contributed by atoms with van der Waals surface area (Å²) in [6.45, 7) is 5.01. The lowest BCUT2D eigenvalue weighted by Gasteiger charge is -2.14.